The molecule has 0 saturated carbocycles. The van der Waals surface area contributed by atoms with Crippen molar-refractivity contribution in [2.45, 2.75) is 35.9 Å². The summed E-state index contributed by atoms with van der Waals surface area (Å²) in [6.07, 6.45) is 2.66. The number of hydrogen-bond donors (Lipinski definition) is 1. The number of halogens is 2. The van der Waals surface area contributed by atoms with Crippen molar-refractivity contribution in [2.75, 3.05) is 29.9 Å². The van der Waals surface area contributed by atoms with Crippen molar-refractivity contribution in [3.63, 3.8) is 0 Å². The molecule has 2 aliphatic heterocycles. The van der Waals surface area contributed by atoms with Crippen LogP contribution in [0.4, 0.5) is 20.2 Å². The zero-order valence-corrected chi connectivity index (χ0v) is 17.2. The zero-order valence-electron chi connectivity index (χ0n) is 15.6. The third-order valence-corrected chi connectivity index (χ3v) is 8.55. The van der Waals surface area contributed by atoms with Gasteiger partial charge in [-0.3, -0.25) is 4.79 Å². The maximum absolute atomic E-state index is 14.5. The van der Waals surface area contributed by atoms with Crippen LogP contribution < -0.4 is 10.2 Å². The van der Waals surface area contributed by atoms with Gasteiger partial charge in [-0.05, 0) is 49.3 Å². The summed E-state index contributed by atoms with van der Waals surface area (Å²) >= 11 is 1.09. The van der Waals surface area contributed by atoms with Crippen molar-refractivity contribution >= 4 is 38.6 Å². The molecule has 10 heteroatoms. The standard InChI is InChI=1S/C19H21F2N3O3S2/c20-14-11-13(12-15(21)18(14)23-7-1-2-8-23)22-19(25)16-5-3-9-24(16)29(26,27)17-6-4-10-28-17/h4,6,10-12,16H,1-3,5,7-9H2,(H,22,25). The summed E-state index contributed by atoms with van der Waals surface area (Å²) in [4.78, 5) is 14.4. The van der Waals surface area contributed by atoms with Crippen LogP contribution in [-0.4, -0.2) is 44.3 Å². The number of rotatable bonds is 5. The fourth-order valence-corrected chi connectivity index (χ4v) is 6.70. The minimum atomic E-state index is -3.78. The van der Waals surface area contributed by atoms with Crippen LogP contribution >= 0.6 is 11.3 Å². The first-order valence-corrected chi connectivity index (χ1v) is 11.8. The summed E-state index contributed by atoms with van der Waals surface area (Å²) < 4.78 is 55.9. The summed E-state index contributed by atoms with van der Waals surface area (Å²) in [5, 5.41) is 4.15. The van der Waals surface area contributed by atoms with Crippen LogP contribution in [0, 0.1) is 11.6 Å². The van der Waals surface area contributed by atoms with Gasteiger partial charge in [-0.25, -0.2) is 17.2 Å². The fraction of sp³-hybridized carbons (Fsp3) is 0.421. The van der Waals surface area contributed by atoms with Gasteiger partial charge >= 0.3 is 0 Å². The smallest absolute Gasteiger partial charge is 0.253 e. The van der Waals surface area contributed by atoms with Crippen LogP contribution in [0.1, 0.15) is 25.7 Å². The molecule has 1 amide bonds. The normalized spacial score (nSPS) is 20.3. The third-order valence-electron chi connectivity index (χ3n) is 5.27. The molecule has 1 unspecified atom stereocenters. The van der Waals surface area contributed by atoms with Crippen molar-refractivity contribution in [1.82, 2.24) is 4.31 Å². The van der Waals surface area contributed by atoms with Gasteiger partial charge in [0.25, 0.3) is 10.0 Å². The molecule has 1 atom stereocenters. The molecule has 2 aliphatic rings. The molecule has 4 rings (SSSR count). The predicted octanol–water partition coefficient (Wildman–Crippen LogP) is 3.42. The van der Waals surface area contributed by atoms with E-state index < -0.39 is 33.6 Å². The Kier molecular flexibility index (Phi) is 5.58. The van der Waals surface area contributed by atoms with Crippen LogP contribution in [-0.2, 0) is 14.8 Å². The van der Waals surface area contributed by atoms with Crippen molar-refractivity contribution < 1.29 is 22.0 Å². The Morgan fingerprint density at radius 2 is 1.79 bits per heavy atom. The van der Waals surface area contributed by atoms with E-state index in [1.54, 1.807) is 16.3 Å². The Morgan fingerprint density at radius 1 is 1.10 bits per heavy atom. The maximum atomic E-state index is 14.5. The molecule has 2 aromatic rings. The van der Waals surface area contributed by atoms with E-state index in [1.807, 2.05) is 0 Å². The second-order valence-corrected chi connectivity index (χ2v) is 10.2. The van der Waals surface area contributed by atoms with E-state index in [9.17, 15) is 22.0 Å². The lowest BCUT2D eigenvalue weighted by atomic mass is 10.2. The molecule has 0 bridgehead atoms. The van der Waals surface area contributed by atoms with E-state index in [0.29, 0.717) is 25.9 Å². The number of nitrogens with one attached hydrogen (secondary N) is 1. The van der Waals surface area contributed by atoms with Gasteiger partial charge in [-0.2, -0.15) is 4.31 Å². The van der Waals surface area contributed by atoms with Crippen molar-refractivity contribution in [3.8, 4) is 0 Å². The largest absolute Gasteiger partial charge is 0.367 e. The predicted molar refractivity (Wildman–Crippen MR) is 108 cm³/mol. The molecule has 2 fully saturated rings. The number of anilines is 2. The number of carbonyl (C=O) groups is 1. The third kappa shape index (κ3) is 3.88. The summed E-state index contributed by atoms with van der Waals surface area (Å²) in [7, 11) is -3.78. The highest BCUT2D eigenvalue weighted by atomic mass is 32.2. The van der Waals surface area contributed by atoms with Crippen LogP contribution in [0.15, 0.2) is 33.9 Å². The van der Waals surface area contributed by atoms with Crippen LogP contribution in [0.25, 0.3) is 0 Å². The molecular formula is C19H21F2N3O3S2. The van der Waals surface area contributed by atoms with Crippen LogP contribution in [0.3, 0.4) is 0 Å². The molecule has 3 heterocycles. The molecule has 1 aromatic carbocycles. The Balaban J connectivity index is 1.53. The highest BCUT2D eigenvalue weighted by Crippen LogP contribution is 2.32. The molecule has 1 N–H and O–H groups in total. The molecule has 6 nitrogen and oxygen atoms in total. The SMILES string of the molecule is O=C(Nc1cc(F)c(N2CCCC2)c(F)c1)C1CCCN1S(=O)(=O)c1cccs1. The molecule has 0 spiro atoms. The molecule has 29 heavy (non-hydrogen) atoms. The first-order chi connectivity index (χ1) is 13.9. The molecular weight excluding hydrogens is 420 g/mol. The van der Waals surface area contributed by atoms with Gasteiger partial charge in [0.1, 0.15) is 15.9 Å². The number of nitrogens with zero attached hydrogens (tertiary/aromatic N) is 2. The lowest BCUT2D eigenvalue weighted by molar-refractivity contribution is -0.119. The number of hydrogen-bond acceptors (Lipinski definition) is 5. The number of sulfonamides is 1. The summed E-state index contributed by atoms with van der Waals surface area (Å²) in [5.41, 5.74) is -0.100. The number of amides is 1. The number of benzene rings is 1. The lowest BCUT2D eigenvalue weighted by Gasteiger charge is -2.23. The monoisotopic (exact) mass is 441 g/mol. The molecule has 0 aliphatic carbocycles. The Morgan fingerprint density at radius 3 is 2.41 bits per heavy atom. The van der Waals surface area contributed by atoms with Gasteiger partial charge in [0.15, 0.2) is 11.6 Å². The number of carbonyl (C=O) groups excluding carboxylic acids is 1. The summed E-state index contributed by atoms with van der Waals surface area (Å²) in [6.45, 7) is 1.42. The average Bonchev–Trinajstić information content (AvgIpc) is 3.42. The highest BCUT2D eigenvalue weighted by Gasteiger charge is 2.40. The maximum Gasteiger partial charge on any atom is 0.253 e. The van der Waals surface area contributed by atoms with E-state index in [0.717, 1.165) is 36.3 Å². The Bertz CT molecular complexity index is 983. The average molecular weight is 442 g/mol. The Hall–Kier alpha value is -2.04. The molecule has 0 radical (unpaired) electrons. The van der Waals surface area contributed by atoms with Gasteiger partial charge in [0.05, 0.1) is 0 Å². The summed E-state index contributed by atoms with van der Waals surface area (Å²) in [5.74, 6) is -2.07. The first-order valence-electron chi connectivity index (χ1n) is 9.48. The topological polar surface area (TPSA) is 69.7 Å². The van der Waals surface area contributed by atoms with Crippen molar-refractivity contribution in [1.29, 1.82) is 0 Å². The van der Waals surface area contributed by atoms with E-state index in [1.165, 1.54) is 10.4 Å². The van der Waals surface area contributed by atoms with Crippen molar-refractivity contribution in [3.05, 3.63) is 41.3 Å². The van der Waals surface area contributed by atoms with E-state index >= 15 is 0 Å². The van der Waals surface area contributed by atoms with Gasteiger partial charge < -0.3 is 10.2 Å². The van der Waals surface area contributed by atoms with Gasteiger partial charge in [0, 0.05) is 25.3 Å². The minimum Gasteiger partial charge on any atom is -0.367 e. The number of thiophene rings is 1. The zero-order chi connectivity index (χ0) is 20.6. The molecule has 2 saturated heterocycles. The second kappa shape index (κ2) is 8.00. The molecule has 1 aromatic heterocycles. The second-order valence-electron chi connectivity index (χ2n) is 7.18. The first kappa shape index (κ1) is 20.2. The Labute approximate surface area is 172 Å². The van der Waals surface area contributed by atoms with E-state index in [-0.39, 0.29) is 22.1 Å². The van der Waals surface area contributed by atoms with Gasteiger partial charge in [-0.15, -0.1) is 11.3 Å². The fourth-order valence-electron chi connectivity index (χ4n) is 3.92. The van der Waals surface area contributed by atoms with Crippen molar-refractivity contribution in [2.24, 2.45) is 0 Å². The van der Waals surface area contributed by atoms with E-state index in [4.69, 9.17) is 0 Å². The van der Waals surface area contributed by atoms with Gasteiger partial charge in [-0.1, -0.05) is 6.07 Å². The minimum absolute atomic E-state index is 0.0201. The molecule has 156 valence electrons. The lowest BCUT2D eigenvalue weighted by Crippen LogP contribution is -2.42. The van der Waals surface area contributed by atoms with Crippen LogP contribution in [0.5, 0.6) is 0 Å². The summed E-state index contributed by atoms with van der Waals surface area (Å²) in [6, 6.07) is 4.39. The highest BCUT2D eigenvalue weighted by molar-refractivity contribution is 7.91. The van der Waals surface area contributed by atoms with E-state index in [2.05, 4.69) is 5.32 Å². The van der Waals surface area contributed by atoms with Gasteiger partial charge in [0.2, 0.25) is 5.91 Å². The quantitative estimate of drug-likeness (QED) is 0.772. The van der Waals surface area contributed by atoms with Crippen LogP contribution in [0.2, 0.25) is 0 Å².